The smallest absolute Gasteiger partial charge is 0.333 e. The number of cyclic esters (lactones) is 1. The number of carbonyl (C=O) groups is 3. The Hall–Kier alpha value is -2.69. The number of carbonyl (C=O) groups excluding carboxylic acids is 3. The van der Waals surface area contributed by atoms with Crippen molar-refractivity contribution >= 4 is 17.9 Å². The number of aliphatic hydroxyl groups is 1. The topological polar surface area (TPSA) is 134 Å². The summed E-state index contributed by atoms with van der Waals surface area (Å²) in [6.07, 6.45) is 2.89. The van der Waals surface area contributed by atoms with Gasteiger partial charge in [-0.3, -0.25) is 9.59 Å². The summed E-state index contributed by atoms with van der Waals surface area (Å²) in [6.45, 7) is 11.5. The Morgan fingerprint density at radius 2 is 1.95 bits per heavy atom. The van der Waals surface area contributed by atoms with Gasteiger partial charge in [0.2, 0.25) is 0 Å². The number of hydrogen-bond acceptors (Lipinski definition) is 10. The molecular weight excluding hydrogens is 532 g/mol. The van der Waals surface area contributed by atoms with Gasteiger partial charge in [-0.05, 0) is 31.7 Å². The van der Waals surface area contributed by atoms with Gasteiger partial charge in [0.05, 0.1) is 44.7 Å². The van der Waals surface area contributed by atoms with Crippen molar-refractivity contribution in [2.45, 2.75) is 83.1 Å². The van der Waals surface area contributed by atoms with E-state index < -0.39 is 69.7 Å². The van der Waals surface area contributed by atoms with Crippen molar-refractivity contribution in [3.8, 4) is 0 Å². The highest BCUT2D eigenvalue weighted by Crippen LogP contribution is 2.82. The minimum atomic E-state index is -1.73. The second-order valence-electron chi connectivity index (χ2n) is 13.9. The molecule has 12 atom stereocenters. The van der Waals surface area contributed by atoms with Crippen LogP contribution in [0.5, 0.6) is 0 Å². The lowest BCUT2D eigenvalue weighted by Crippen LogP contribution is -2.83. The van der Waals surface area contributed by atoms with Crippen LogP contribution in [-0.4, -0.2) is 60.3 Å². The first-order chi connectivity index (χ1) is 19.3. The molecule has 4 aliphatic heterocycles. The summed E-state index contributed by atoms with van der Waals surface area (Å²) in [6, 6.07) is 1.83. The molecule has 4 bridgehead atoms. The molecule has 3 saturated carbocycles. The molecule has 1 aromatic heterocycles. The van der Waals surface area contributed by atoms with Gasteiger partial charge in [0.1, 0.15) is 17.8 Å². The highest BCUT2D eigenvalue weighted by Gasteiger charge is 2.91. The van der Waals surface area contributed by atoms with Crippen LogP contribution in [0.15, 0.2) is 35.2 Å². The van der Waals surface area contributed by atoms with Crippen LogP contribution in [0.2, 0.25) is 0 Å². The van der Waals surface area contributed by atoms with Crippen molar-refractivity contribution in [1.82, 2.24) is 0 Å². The van der Waals surface area contributed by atoms with E-state index in [0.29, 0.717) is 12.8 Å². The van der Waals surface area contributed by atoms with Gasteiger partial charge in [0.15, 0.2) is 5.79 Å². The molecule has 4 saturated heterocycles. The Kier molecular flexibility index (Phi) is 5.45. The van der Waals surface area contributed by atoms with Gasteiger partial charge in [-0.2, -0.15) is 0 Å². The Morgan fingerprint density at radius 3 is 2.61 bits per heavy atom. The van der Waals surface area contributed by atoms with Crippen molar-refractivity contribution in [3.05, 3.63) is 36.3 Å². The second kappa shape index (κ2) is 8.23. The second-order valence-corrected chi connectivity index (χ2v) is 13.9. The molecule has 41 heavy (non-hydrogen) atoms. The lowest BCUT2D eigenvalue weighted by molar-refractivity contribution is -0.446. The third-order valence-corrected chi connectivity index (χ3v) is 12.2. The van der Waals surface area contributed by atoms with E-state index in [4.69, 9.17) is 28.1 Å². The van der Waals surface area contributed by atoms with E-state index in [2.05, 4.69) is 13.5 Å². The molecule has 3 aliphatic carbocycles. The number of furan rings is 1. The zero-order valence-electron chi connectivity index (χ0n) is 24.1. The monoisotopic (exact) mass is 570 g/mol. The molecule has 10 nitrogen and oxygen atoms in total. The number of hydrogen-bond donors (Lipinski definition) is 1. The minimum absolute atomic E-state index is 0.0158. The predicted octanol–water partition coefficient (Wildman–Crippen LogP) is 3.48. The Balaban J connectivity index is 1.39. The fourth-order valence-corrected chi connectivity index (χ4v) is 10.3. The molecule has 1 aromatic rings. The third kappa shape index (κ3) is 3.06. The Morgan fingerprint density at radius 1 is 1.20 bits per heavy atom. The van der Waals surface area contributed by atoms with Crippen LogP contribution in [0.4, 0.5) is 0 Å². The molecule has 1 spiro atoms. The normalized spacial score (nSPS) is 50.5. The fourth-order valence-electron chi connectivity index (χ4n) is 10.3. The number of epoxide rings is 1. The lowest BCUT2D eigenvalue weighted by Gasteiger charge is -2.74. The van der Waals surface area contributed by atoms with Gasteiger partial charge in [-0.25, -0.2) is 4.79 Å². The van der Waals surface area contributed by atoms with Crippen LogP contribution in [0.25, 0.3) is 0 Å². The van der Waals surface area contributed by atoms with E-state index in [1.165, 1.54) is 7.11 Å². The molecule has 0 amide bonds. The number of rotatable bonds is 5. The largest absolute Gasteiger partial charge is 0.472 e. The first kappa shape index (κ1) is 27.2. The van der Waals surface area contributed by atoms with Crippen LogP contribution < -0.4 is 0 Å². The Labute approximate surface area is 238 Å². The van der Waals surface area contributed by atoms with Crippen molar-refractivity contribution in [1.29, 1.82) is 0 Å². The highest BCUT2D eigenvalue weighted by molar-refractivity contribution is 5.87. The van der Waals surface area contributed by atoms with E-state index in [-0.39, 0.29) is 42.8 Å². The van der Waals surface area contributed by atoms with Crippen molar-refractivity contribution in [3.63, 3.8) is 0 Å². The molecule has 7 aliphatic rings. The first-order valence-electron chi connectivity index (χ1n) is 14.5. The first-order valence-corrected chi connectivity index (χ1v) is 14.5. The molecule has 0 unspecified atom stereocenters. The van der Waals surface area contributed by atoms with Crippen LogP contribution in [0.3, 0.4) is 0 Å². The average molecular weight is 571 g/mol. The summed E-state index contributed by atoms with van der Waals surface area (Å²) in [7, 11) is 1.35. The number of esters is 3. The summed E-state index contributed by atoms with van der Waals surface area (Å²) < 4.78 is 35.8. The highest BCUT2D eigenvalue weighted by atomic mass is 16.7. The standard InChI is InChI=1S/C31H38O10/c1-15(2)26(34)40-24-22-25-30(41-25)17(29(5)18(11-20(32)36-6)28(24,4)14-38-31(22,29)35)7-9-27(3)19(30)12-21(33)39-23(27)16-8-10-37-13-16/h8,10,13,17-19,22-25,35H,1,7,9,11-12,14H2,2-6H3/t17-,18+,19-,22-,23+,24-,25-,27-,28+,29-,30-,31-/m1/s1. The zero-order valence-corrected chi connectivity index (χ0v) is 24.1. The summed E-state index contributed by atoms with van der Waals surface area (Å²) in [5.74, 6) is -4.70. The Bertz CT molecular complexity index is 1340. The molecule has 222 valence electrons. The van der Waals surface area contributed by atoms with Crippen LogP contribution in [0.1, 0.15) is 65.0 Å². The van der Waals surface area contributed by atoms with Gasteiger partial charge in [-0.15, -0.1) is 0 Å². The van der Waals surface area contributed by atoms with Crippen LogP contribution in [-0.2, 0) is 38.1 Å². The van der Waals surface area contributed by atoms with E-state index in [1.54, 1.807) is 19.5 Å². The number of ether oxygens (including phenoxy) is 5. The molecule has 8 rings (SSSR count). The van der Waals surface area contributed by atoms with Gasteiger partial charge >= 0.3 is 17.9 Å². The predicted molar refractivity (Wildman–Crippen MR) is 140 cm³/mol. The molecule has 0 radical (unpaired) electrons. The van der Waals surface area contributed by atoms with E-state index in [9.17, 15) is 19.5 Å². The van der Waals surface area contributed by atoms with E-state index in [0.717, 1.165) is 5.56 Å². The van der Waals surface area contributed by atoms with Gasteiger partial charge in [-0.1, -0.05) is 27.4 Å². The molecular formula is C31H38O10. The van der Waals surface area contributed by atoms with E-state index >= 15 is 0 Å². The zero-order chi connectivity index (χ0) is 29.3. The van der Waals surface area contributed by atoms with Crippen LogP contribution >= 0.6 is 0 Å². The fraction of sp³-hybridized carbons (Fsp3) is 0.710. The lowest BCUT2D eigenvalue weighted by atomic mass is 9.34. The van der Waals surface area contributed by atoms with Gasteiger partial charge in [0, 0.05) is 45.6 Å². The van der Waals surface area contributed by atoms with Crippen molar-refractivity contribution < 1.29 is 47.6 Å². The van der Waals surface area contributed by atoms with Crippen molar-refractivity contribution in [2.24, 2.45) is 39.9 Å². The maximum atomic E-state index is 13.2. The minimum Gasteiger partial charge on any atom is -0.472 e. The maximum absolute atomic E-state index is 13.2. The third-order valence-electron chi connectivity index (χ3n) is 12.2. The molecule has 10 heteroatoms. The van der Waals surface area contributed by atoms with E-state index in [1.807, 2.05) is 19.9 Å². The molecule has 1 N–H and O–H groups in total. The quantitative estimate of drug-likeness (QED) is 0.243. The summed E-state index contributed by atoms with van der Waals surface area (Å²) in [4.78, 5) is 39.1. The van der Waals surface area contributed by atoms with Gasteiger partial charge < -0.3 is 33.2 Å². The van der Waals surface area contributed by atoms with Crippen LogP contribution in [0, 0.1) is 39.9 Å². The number of methoxy groups -OCH3 is 1. The van der Waals surface area contributed by atoms with Gasteiger partial charge in [0.25, 0.3) is 0 Å². The summed E-state index contributed by atoms with van der Waals surface area (Å²) in [5.41, 5.74) is -2.02. The van der Waals surface area contributed by atoms with Crippen molar-refractivity contribution in [2.75, 3.05) is 13.7 Å². The molecule has 7 fully saturated rings. The summed E-state index contributed by atoms with van der Waals surface area (Å²) in [5, 5.41) is 12.6. The average Bonchev–Trinajstić information content (AvgIpc) is 3.37. The number of fused-ring (bicyclic) bond motifs is 2. The summed E-state index contributed by atoms with van der Waals surface area (Å²) >= 11 is 0. The maximum Gasteiger partial charge on any atom is 0.333 e. The molecule has 0 aromatic carbocycles. The molecule has 5 heterocycles. The SMILES string of the molecule is C=C(C)C(=O)O[C@@H]1[C@@H]2[C@H]3O[C@]34[C@@H]3CC(=O)O[C@@H](c5ccoc5)[C@]3(C)CC[C@@H]4[C@]3(C)[C@@H](CC(=O)OC)[C@]1(C)CO[C@]23O.